The van der Waals surface area contributed by atoms with E-state index >= 15 is 0 Å². The van der Waals surface area contributed by atoms with E-state index in [1.54, 1.807) is 12.1 Å². The van der Waals surface area contributed by atoms with Gasteiger partial charge in [-0.05, 0) is 23.9 Å². The summed E-state index contributed by atoms with van der Waals surface area (Å²) in [5.41, 5.74) is 6.27. The second-order valence-corrected chi connectivity index (χ2v) is 3.79. The summed E-state index contributed by atoms with van der Waals surface area (Å²) in [6.07, 6.45) is 1.42. The molecule has 7 heteroatoms. The molecular weight excluding hydrogens is 222 g/mol. The number of hydrogen-bond acceptors (Lipinski definition) is 5. The van der Waals surface area contributed by atoms with Gasteiger partial charge in [-0.1, -0.05) is 11.6 Å². The van der Waals surface area contributed by atoms with Crippen molar-refractivity contribution in [1.82, 2.24) is 20.2 Å². The first kappa shape index (κ1) is 9.29. The molecule has 0 saturated carbocycles. The molecule has 0 spiro atoms. The smallest absolute Gasteiger partial charge is 0.189 e. The number of nitrogens with two attached hydrogens (primary N) is 1. The summed E-state index contributed by atoms with van der Waals surface area (Å²) in [4.78, 5) is 8.00. The van der Waals surface area contributed by atoms with Crippen LogP contribution in [0.15, 0.2) is 28.6 Å². The highest BCUT2D eigenvalue weighted by atomic mass is 35.5. The van der Waals surface area contributed by atoms with Crippen molar-refractivity contribution in [1.29, 1.82) is 0 Å². The zero-order valence-electron chi connectivity index (χ0n) is 6.94. The van der Waals surface area contributed by atoms with E-state index in [1.807, 2.05) is 0 Å². The van der Waals surface area contributed by atoms with Crippen LogP contribution in [0.5, 0.6) is 0 Å². The van der Waals surface area contributed by atoms with E-state index in [0.29, 0.717) is 21.0 Å². The van der Waals surface area contributed by atoms with Crippen molar-refractivity contribution >= 4 is 29.1 Å². The molecule has 14 heavy (non-hydrogen) atoms. The van der Waals surface area contributed by atoms with Gasteiger partial charge in [0.2, 0.25) is 0 Å². The Morgan fingerprint density at radius 1 is 1.43 bits per heavy atom. The third-order valence-corrected chi connectivity index (χ3v) is 2.56. The van der Waals surface area contributed by atoms with E-state index in [-0.39, 0.29) is 0 Å². The summed E-state index contributed by atoms with van der Waals surface area (Å²) in [5.74, 6) is 0. The molecule has 2 rings (SSSR count). The van der Waals surface area contributed by atoms with Gasteiger partial charge < -0.3 is 5.73 Å². The van der Waals surface area contributed by atoms with Crippen LogP contribution in [0, 0.1) is 0 Å². The summed E-state index contributed by atoms with van der Waals surface area (Å²) >= 11 is 7.02. The molecular formula is C7H6ClN5S. The number of rotatable bonds is 2. The van der Waals surface area contributed by atoms with Crippen LogP contribution < -0.4 is 5.73 Å². The Bertz CT molecular complexity index is 430. The van der Waals surface area contributed by atoms with Gasteiger partial charge in [-0.3, -0.25) is 5.10 Å². The lowest BCUT2D eigenvalue weighted by molar-refractivity contribution is 0.968. The van der Waals surface area contributed by atoms with E-state index in [2.05, 4.69) is 20.2 Å². The number of halogens is 1. The van der Waals surface area contributed by atoms with Crippen molar-refractivity contribution in [3.63, 3.8) is 0 Å². The molecule has 72 valence electrons. The first-order valence-corrected chi connectivity index (χ1v) is 4.90. The van der Waals surface area contributed by atoms with Gasteiger partial charge >= 0.3 is 0 Å². The molecule has 0 bridgehead atoms. The lowest BCUT2D eigenvalue weighted by Gasteiger charge is -2.01. The van der Waals surface area contributed by atoms with Crippen LogP contribution in [0.2, 0.25) is 5.15 Å². The van der Waals surface area contributed by atoms with Gasteiger partial charge in [0.25, 0.3) is 0 Å². The van der Waals surface area contributed by atoms with Gasteiger partial charge in [0, 0.05) is 0 Å². The summed E-state index contributed by atoms with van der Waals surface area (Å²) in [5, 5.41) is 8.06. The Morgan fingerprint density at radius 2 is 2.29 bits per heavy atom. The van der Waals surface area contributed by atoms with Gasteiger partial charge in [-0.2, -0.15) is 5.10 Å². The standard InChI is InChI=1S/C7H6ClN5S/c8-5-2-1-4(9)6(12-5)14-7-10-3-11-13-7/h1-3H,9H2,(H,10,11,13). The highest BCUT2D eigenvalue weighted by Crippen LogP contribution is 2.28. The molecule has 5 nitrogen and oxygen atoms in total. The molecule has 0 saturated heterocycles. The van der Waals surface area contributed by atoms with Gasteiger partial charge in [-0.25, -0.2) is 9.97 Å². The summed E-state index contributed by atoms with van der Waals surface area (Å²) in [6, 6.07) is 3.34. The predicted octanol–water partition coefficient (Wildman–Crippen LogP) is 1.59. The fourth-order valence-electron chi connectivity index (χ4n) is 0.845. The molecule has 0 aliphatic rings. The number of nitrogens with one attached hydrogen (secondary N) is 1. The van der Waals surface area contributed by atoms with Crippen molar-refractivity contribution in [2.45, 2.75) is 10.2 Å². The lowest BCUT2D eigenvalue weighted by atomic mass is 10.4. The normalized spacial score (nSPS) is 10.4. The molecule has 0 unspecified atom stereocenters. The molecule has 0 atom stereocenters. The maximum Gasteiger partial charge on any atom is 0.189 e. The number of H-pyrrole nitrogens is 1. The van der Waals surface area contributed by atoms with Crippen LogP contribution in [0.4, 0.5) is 5.69 Å². The Morgan fingerprint density at radius 3 is 3.00 bits per heavy atom. The molecule has 0 fully saturated rings. The van der Waals surface area contributed by atoms with Crippen LogP contribution in [-0.4, -0.2) is 20.2 Å². The van der Waals surface area contributed by atoms with Crippen LogP contribution in [0.3, 0.4) is 0 Å². The van der Waals surface area contributed by atoms with Crippen LogP contribution >= 0.6 is 23.4 Å². The van der Waals surface area contributed by atoms with Crippen molar-refractivity contribution < 1.29 is 0 Å². The van der Waals surface area contributed by atoms with Crippen molar-refractivity contribution in [3.05, 3.63) is 23.6 Å². The summed E-state index contributed by atoms with van der Waals surface area (Å²) in [7, 11) is 0. The SMILES string of the molecule is Nc1ccc(Cl)nc1Sc1ncn[nH]1. The van der Waals surface area contributed by atoms with Crippen LogP contribution in [0.1, 0.15) is 0 Å². The number of pyridine rings is 1. The number of aromatic amines is 1. The molecule has 2 heterocycles. The van der Waals surface area contributed by atoms with E-state index in [1.165, 1.54) is 18.1 Å². The molecule has 0 amide bonds. The van der Waals surface area contributed by atoms with Crippen LogP contribution in [-0.2, 0) is 0 Å². The first-order valence-electron chi connectivity index (χ1n) is 3.71. The second kappa shape index (κ2) is 3.85. The quantitative estimate of drug-likeness (QED) is 0.762. The lowest BCUT2D eigenvalue weighted by Crippen LogP contribution is -1.92. The van der Waals surface area contributed by atoms with Crippen molar-refractivity contribution in [3.8, 4) is 0 Å². The number of nitrogen functional groups attached to an aromatic ring is 1. The molecule has 0 aromatic carbocycles. The fourth-order valence-corrected chi connectivity index (χ4v) is 1.75. The highest BCUT2D eigenvalue weighted by molar-refractivity contribution is 7.99. The average molecular weight is 228 g/mol. The molecule has 0 radical (unpaired) electrons. The third-order valence-electron chi connectivity index (χ3n) is 1.44. The van der Waals surface area contributed by atoms with E-state index in [4.69, 9.17) is 17.3 Å². The van der Waals surface area contributed by atoms with Crippen LogP contribution in [0.25, 0.3) is 0 Å². The molecule has 0 aliphatic heterocycles. The van der Waals surface area contributed by atoms with Crippen molar-refractivity contribution in [2.24, 2.45) is 0 Å². The Balaban J connectivity index is 2.28. The number of aromatic nitrogens is 4. The summed E-state index contributed by atoms with van der Waals surface area (Å²) in [6.45, 7) is 0. The maximum atomic E-state index is 5.73. The zero-order chi connectivity index (χ0) is 9.97. The molecule has 2 aromatic heterocycles. The topological polar surface area (TPSA) is 80.5 Å². The molecule has 2 aromatic rings. The Labute approximate surface area is 89.1 Å². The van der Waals surface area contributed by atoms with Gasteiger partial charge in [-0.15, -0.1) is 0 Å². The third kappa shape index (κ3) is 1.97. The fraction of sp³-hybridized carbons (Fsp3) is 0. The predicted molar refractivity (Wildman–Crippen MR) is 54.2 cm³/mol. The first-order chi connectivity index (χ1) is 6.75. The number of anilines is 1. The average Bonchev–Trinajstić information content (AvgIpc) is 2.64. The van der Waals surface area contributed by atoms with E-state index in [0.717, 1.165) is 0 Å². The second-order valence-electron chi connectivity index (χ2n) is 2.42. The van der Waals surface area contributed by atoms with Gasteiger partial charge in [0.15, 0.2) is 5.16 Å². The monoisotopic (exact) mass is 227 g/mol. The van der Waals surface area contributed by atoms with E-state index in [9.17, 15) is 0 Å². The zero-order valence-corrected chi connectivity index (χ0v) is 8.51. The minimum absolute atomic E-state index is 0.404. The summed E-state index contributed by atoms with van der Waals surface area (Å²) < 4.78 is 0. The number of hydrogen-bond donors (Lipinski definition) is 2. The van der Waals surface area contributed by atoms with Crippen molar-refractivity contribution in [2.75, 3.05) is 5.73 Å². The number of nitrogens with zero attached hydrogens (tertiary/aromatic N) is 3. The minimum atomic E-state index is 0.404. The maximum absolute atomic E-state index is 5.73. The molecule has 3 N–H and O–H groups in total. The molecule has 0 aliphatic carbocycles. The largest absolute Gasteiger partial charge is 0.397 e. The van der Waals surface area contributed by atoms with E-state index < -0.39 is 0 Å². The van der Waals surface area contributed by atoms with Gasteiger partial charge in [0.1, 0.15) is 16.5 Å². The Hall–Kier alpha value is -1.27. The Kier molecular flexibility index (Phi) is 2.55. The van der Waals surface area contributed by atoms with Gasteiger partial charge in [0.05, 0.1) is 5.69 Å². The minimum Gasteiger partial charge on any atom is -0.397 e. The highest BCUT2D eigenvalue weighted by Gasteiger charge is 2.06.